The molecular formula is C18H19N3O5S. The third-order valence-electron chi connectivity index (χ3n) is 4.18. The Morgan fingerprint density at radius 1 is 1.22 bits per heavy atom. The van der Waals surface area contributed by atoms with E-state index in [1.807, 2.05) is 18.2 Å². The lowest BCUT2D eigenvalue weighted by molar-refractivity contribution is -0.384. The van der Waals surface area contributed by atoms with Gasteiger partial charge in [-0.05, 0) is 30.3 Å². The maximum atomic E-state index is 12.8. The molecule has 0 spiro atoms. The van der Waals surface area contributed by atoms with Crippen molar-refractivity contribution in [2.75, 3.05) is 31.8 Å². The predicted octanol–water partition coefficient (Wildman–Crippen LogP) is 3.89. The van der Waals surface area contributed by atoms with Crippen LogP contribution >= 0.6 is 11.8 Å². The van der Waals surface area contributed by atoms with Crippen molar-refractivity contribution in [1.82, 2.24) is 4.90 Å². The molecule has 0 aliphatic carbocycles. The number of benzene rings is 2. The van der Waals surface area contributed by atoms with Crippen molar-refractivity contribution in [2.45, 2.75) is 5.37 Å². The molecule has 1 heterocycles. The van der Waals surface area contributed by atoms with Crippen molar-refractivity contribution in [1.29, 1.82) is 0 Å². The van der Waals surface area contributed by atoms with E-state index in [4.69, 9.17) is 9.47 Å². The first-order valence-electron chi connectivity index (χ1n) is 8.19. The predicted molar refractivity (Wildman–Crippen MR) is 104 cm³/mol. The standard InChI is InChI=1S/C18H19N3O5S/c1-25-14-7-8-16(26-2)15(11-14)17-20(9-10-27-17)18(22)19-12-3-5-13(6-4-12)21(23)24/h3-8,11,17H,9-10H2,1-2H3,(H,19,22). The zero-order chi connectivity index (χ0) is 19.4. The molecule has 1 aliphatic heterocycles. The summed E-state index contributed by atoms with van der Waals surface area (Å²) in [7, 11) is 3.18. The molecule has 8 nitrogen and oxygen atoms in total. The first-order chi connectivity index (χ1) is 13.0. The molecule has 1 N–H and O–H groups in total. The number of amides is 2. The van der Waals surface area contributed by atoms with Crippen LogP contribution < -0.4 is 14.8 Å². The Bertz CT molecular complexity index is 843. The van der Waals surface area contributed by atoms with Crippen molar-refractivity contribution < 1.29 is 19.2 Å². The smallest absolute Gasteiger partial charge is 0.323 e. The van der Waals surface area contributed by atoms with Gasteiger partial charge in [0.05, 0.1) is 19.1 Å². The average Bonchev–Trinajstić information content (AvgIpc) is 3.17. The lowest BCUT2D eigenvalue weighted by Gasteiger charge is -2.26. The number of nitro groups is 1. The van der Waals surface area contributed by atoms with Crippen LogP contribution in [0.15, 0.2) is 42.5 Å². The van der Waals surface area contributed by atoms with E-state index in [0.717, 1.165) is 11.3 Å². The Morgan fingerprint density at radius 2 is 1.96 bits per heavy atom. The Hall–Kier alpha value is -2.94. The third-order valence-corrected chi connectivity index (χ3v) is 5.43. The Morgan fingerprint density at radius 3 is 2.59 bits per heavy atom. The zero-order valence-electron chi connectivity index (χ0n) is 14.9. The first kappa shape index (κ1) is 18.8. The highest BCUT2D eigenvalue weighted by atomic mass is 32.2. The van der Waals surface area contributed by atoms with Gasteiger partial charge < -0.3 is 19.7 Å². The van der Waals surface area contributed by atoms with Crippen LogP contribution in [0, 0.1) is 10.1 Å². The van der Waals surface area contributed by atoms with Crippen LogP contribution in [-0.4, -0.2) is 42.4 Å². The Labute approximate surface area is 160 Å². The number of hydrogen-bond acceptors (Lipinski definition) is 6. The summed E-state index contributed by atoms with van der Waals surface area (Å²) in [6, 6.07) is 11.0. The van der Waals surface area contributed by atoms with Crippen LogP contribution in [0.4, 0.5) is 16.2 Å². The van der Waals surface area contributed by atoms with Crippen LogP contribution in [-0.2, 0) is 0 Å². The number of ether oxygens (including phenoxy) is 2. The maximum absolute atomic E-state index is 12.8. The number of rotatable bonds is 5. The highest BCUT2D eigenvalue weighted by molar-refractivity contribution is 7.99. The molecule has 1 aliphatic rings. The Balaban J connectivity index is 1.79. The molecule has 0 bridgehead atoms. The molecule has 1 unspecified atom stereocenters. The second kappa shape index (κ2) is 8.17. The van der Waals surface area contributed by atoms with Crippen LogP contribution in [0.3, 0.4) is 0 Å². The van der Waals surface area contributed by atoms with E-state index >= 15 is 0 Å². The minimum absolute atomic E-state index is 0.0243. The van der Waals surface area contributed by atoms with Gasteiger partial charge in [0.25, 0.3) is 5.69 Å². The molecule has 0 aromatic heterocycles. The normalized spacial score (nSPS) is 16.1. The van der Waals surface area contributed by atoms with Gasteiger partial charge in [-0.3, -0.25) is 10.1 Å². The van der Waals surface area contributed by atoms with Gasteiger partial charge in [-0.15, -0.1) is 11.8 Å². The van der Waals surface area contributed by atoms with Crippen LogP contribution in [0.5, 0.6) is 11.5 Å². The fraction of sp³-hybridized carbons (Fsp3) is 0.278. The van der Waals surface area contributed by atoms with E-state index < -0.39 is 4.92 Å². The van der Waals surface area contributed by atoms with Gasteiger partial charge in [-0.1, -0.05) is 0 Å². The second-order valence-electron chi connectivity index (χ2n) is 5.76. The fourth-order valence-corrected chi connectivity index (χ4v) is 4.10. The molecule has 0 radical (unpaired) electrons. The Kier molecular flexibility index (Phi) is 5.70. The first-order valence-corrected chi connectivity index (χ1v) is 9.24. The summed E-state index contributed by atoms with van der Waals surface area (Å²) in [5.74, 6) is 2.16. The molecule has 1 fully saturated rings. The number of non-ortho nitro benzene ring substituents is 1. The largest absolute Gasteiger partial charge is 0.497 e. The van der Waals surface area contributed by atoms with Gasteiger partial charge >= 0.3 is 6.03 Å². The van der Waals surface area contributed by atoms with E-state index in [-0.39, 0.29) is 17.1 Å². The molecule has 142 valence electrons. The van der Waals surface area contributed by atoms with Gasteiger partial charge in [0, 0.05) is 35.7 Å². The van der Waals surface area contributed by atoms with E-state index in [9.17, 15) is 14.9 Å². The summed E-state index contributed by atoms with van der Waals surface area (Å²) in [5, 5.41) is 13.3. The molecule has 9 heteroatoms. The van der Waals surface area contributed by atoms with Gasteiger partial charge in [0.15, 0.2) is 0 Å². The van der Waals surface area contributed by atoms with E-state index in [0.29, 0.717) is 23.7 Å². The molecule has 3 rings (SSSR count). The van der Waals surface area contributed by atoms with Gasteiger partial charge in [0.2, 0.25) is 0 Å². The molecule has 2 aromatic rings. The number of hydrogen-bond donors (Lipinski definition) is 1. The SMILES string of the molecule is COc1ccc(OC)c(C2SCCN2C(=O)Nc2ccc([N+](=O)[O-])cc2)c1. The number of methoxy groups -OCH3 is 2. The topological polar surface area (TPSA) is 93.9 Å². The third kappa shape index (κ3) is 4.08. The van der Waals surface area contributed by atoms with Crippen LogP contribution in [0.25, 0.3) is 0 Å². The van der Waals surface area contributed by atoms with Crippen molar-refractivity contribution in [2.24, 2.45) is 0 Å². The zero-order valence-corrected chi connectivity index (χ0v) is 15.7. The van der Waals surface area contributed by atoms with Crippen LogP contribution in [0.2, 0.25) is 0 Å². The molecule has 2 aromatic carbocycles. The highest BCUT2D eigenvalue weighted by Crippen LogP contribution is 2.43. The summed E-state index contributed by atoms with van der Waals surface area (Å²) >= 11 is 1.64. The summed E-state index contributed by atoms with van der Waals surface area (Å²) in [4.78, 5) is 24.7. The molecule has 1 atom stereocenters. The van der Waals surface area contributed by atoms with Crippen molar-refractivity contribution in [3.05, 3.63) is 58.1 Å². The summed E-state index contributed by atoms with van der Waals surface area (Å²) in [5.41, 5.74) is 1.33. The number of nitro benzene ring substituents is 1. The monoisotopic (exact) mass is 389 g/mol. The lowest BCUT2D eigenvalue weighted by atomic mass is 10.1. The van der Waals surface area contributed by atoms with Crippen molar-refractivity contribution >= 4 is 29.2 Å². The van der Waals surface area contributed by atoms with E-state index in [1.165, 1.54) is 24.3 Å². The number of carbonyl (C=O) groups is 1. The quantitative estimate of drug-likeness (QED) is 0.616. The number of urea groups is 1. The number of carbonyl (C=O) groups excluding carboxylic acids is 1. The summed E-state index contributed by atoms with van der Waals surface area (Å²) in [6.45, 7) is 0.578. The number of thioether (sulfide) groups is 1. The maximum Gasteiger partial charge on any atom is 0.323 e. The summed E-state index contributed by atoms with van der Waals surface area (Å²) < 4.78 is 10.7. The van der Waals surface area contributed by atoms with Crippen LogP contribution in [0.1, 0.15) is 10.9 Å². The number of anilines is 1. The van der Waals surface area contributed by atoms with Gasteiger partial charge in [-0.2, -0.15) is 0 Å². The number of nitrogens with zero attached hydrogens (tertiary/aromatic N) is 2. The van der Waals surface area contributed by atoms with E-state index in [2.05, 4.69) is 5.32 Å². The van der Waals surface area contributed by atoms with Gasteiger partial charge in [-0.25, -0.2) is 4.79 Å². The minimum Gasteiger partial charge on any atom is -0.497 e. The lowest BCUT2D eigenvalue weighted by Crippen LogP contribution is -2.34. The van der Waals surface area contributed by atoms with E-state index in [1.54, 1.807) is 30.9 Å². The molecule has 2 amide bonds. The highest BCUT2D eigenvalue weighted by Gasteiger charge is 2.33. The van der Waals surface area contributed by atoms with Gasteiger partial charge in [0.1, 0.15) is 16.9 Å². The molecular weight excluding hydrogens is 370 g/mol. The molecule has 1 saturated heterocycles. The van der Waals surface area contributed by atoms with Crippen molar-refractivity contribution in [3.63, 3.8) is 0 Å². The molecule has 0 saturated carbocycles. The molecule has 27 heavy (non-hydrogen) atoms. The minimum atomic E-state index is -0.478. The van der Waals surface area contributed by atoms with Crippen molar-refractivity contribution in [3.8, 4) is 11.5 Å². The number of nitrogens with one attached hydrogen (secondary N) is 1. The second-order valence-corrected chi connectivity index (χ2v) is 6.95. The average molecular weight is 389 g/mol. The summed E-state index contributed by atoms with van der Waals surface area (Å²) in [6.07, 6.45) is 0. The fourth-order valence-electron chi connectivity index (χ4n) is 2.83.